The van der Waals surface area contributed by atoms with Gasteiger partial charge in [0, 0.05) is 25.7 Å². The van der Waals surface area contributed by atoms with Crippen molar-refractivity contribution in [2.24, 2.45) is 11.8 Å². The normalized spacial score (nSPS) is 25.9. The van der Waals surface area contributed by atoms with Crippen molar-refractivity contribution in [2.45, 2.75) is 82.8 Å². The first-order valence-corrected chi connectivity index (χ1v) is 13.6. The Morgan fingerprint density at radius 2 is 1.76 bits per heavy atom. The van der Waals surface area contributed by atoms with Crippen LogP contribution in [0.2, 0.25) is 0 Å². The summed E-state index contributed by atoms with van der Waals surface area (Å²) in [5, 5.41) is 6.20. The van der Waals surface area contributed by atoms with Gasteiger partial charge in [0.05, 0.1) is 6.04 Å². The molecule has 1 aliphatic carbocycles. The second kappa shape index (κ2) is 12.2. The molecule has 3 aliphatic rings. The van der Waals surface area contributed by atoms with Crippen molar-refractivity contribution in [1.29, 1.82) is 0 Å². The van der Waals surface area contributed by atoms with Gasteiger partial charge >= 0.3 is 0 Å². The number of rotatable bonds is 8. The lowest BCUT2D eigenvalue weighted by Gasteiger charge is -2.37. The molecule has 6 heteroatoms. The molecule has 3 fully saturated rings. The summed E-state index contributed by atoms with van der Waals surface area (Å²) < 4.78 is 0. The zero-order chi connectivity index (χ0) is 23.9. The Balaban J connectivity index is 1.45. The third-order valence-electron chi connectivity index (χ3n) is 8.53. The van der Waals surface area contributed by atoms with Crippen molar-refractivity contribution in [3.8, 4) is 0 Å². The van der Waals surface area contributed by atoms with E-state index in [2.05, 4.69) is 50.8 Å². The van der Waals surface area contributed by atoms with Gasteiger partial charge in [0.2, 0.25) is 11.8 Å². The lowest BCUT2D eigenvalue weighted by Crippen LogP contribution is -2.57. The molecule has 1 aromatic rings. The summed E-state index contributed by atoms with van der Waals surface area (Å²) in [4.78, 5) is 31.6. The molecule has 4 atom stereocenters. The maximum absolute atomic E-state index is 14.0. The molecule has 4 rings (SSSR count). The summed E-state index contributed by atoms with van der Waals surface area (Å²) in [5.74, 6) is 0.950. The van der Waals surface area contributed by atoms with E-state index in [-0.39, 0.29) is 35.9 Å². The van der Waals surface area contributed by atoms with Gasteiger partial charge in [-0.25, -0.2) is 0 Å². The molecule has 2 aliphatic heterocycles. The van der Waals surface area contributed by atoms with Crippen molar-refractivity contribution in [2.75, 3.05) is 33.2 Å². The van der Waals surface area contributed by atoms with E-state index in [1.807, 2.05) is 6.92 Å². The smallest absolute Gasteiger partial charge is 0.245 e. The number of hydrogen-bond donors (Lipinski definition) is 2. The molecule has 2 N–H and O–H groups in total. The van der Waals surface area contributed by atoms with E-state index in [0.29, 0.717) is 5.92 Å². The van der Waals surface area contributed by atoms with Gasteiger partial charge in [-0.15, -0.1) is 0 Å². The first-order chi connectivity index (χ1) is 16.6. The lowest BCUT2D eigenvalue weighted by atomic mass is 9.83. The van der Waals surface area contributed by atoms with Gasteiger partial charge in [0.15, 0.2) is 0 Å². The van der Waals surface area contributed by atoms with Crippen LogP contribution in [0.15, 0.2) is 30.3 Å². The minimum atomic E-state index is -0.386. The van der Waals surface area contributed by atoms with Crippen LogP contribution < -0.4 is 10.6 Å². The summed E-state index contributed by atoms with van der Waals surface area (Å²) in [6, 6.07) is 10.3. The molecule has 188 valence electrons. The second-order valence-corrected chi connectivity index (χ2v) is 10.7. The fourth-order valence-electron chi connectivity index (χ4n) is 6.28. The van der Waals surface area contributed by atoms with Gasteiger partial charge < -0.3 is 20.4 Å². The minimum Gasteiger partial charge on any atom is -0.343 e. The first-order valence-electron chi connectivity index (χ1n) is 13.6. The summed E-state index contributed by atoms with van der Waals surface area (Å²) in [6.45, 7) is 5.81. The Labute approximate surface area is 205 Å². The van der Waals surface area contributed by atoms with Crippen LogP contribution in [0.25, 0.3) is 0 Å². The first kappa shape index (κ1) is 25.2. The number of likely N-dealkylation sites (tertiary alicyclic amines) is 2. The second-order valence-electron chi connectivity index (χ2n) is 10.7. The monoisotopic (exact) mass is 468 g/mol. The highest BCUT2D eigenvalue weighted by Crippen LogP contribution is 2.34. The summed E-state index contributed by atoms with van der Waals surface area (Å²) in [6.07, 6.45) is 10.2. The molecule has 1 saturated carbocycles. The molecule has 1 aromatic carbocycles. The number of benzene rings is 1. The Morgan fingerprint density at radius 3 is 2.50 bits per heavy atom. The topological polar surface area (TPSA) is 64.7 Å². The highest BCUT2D eigenvalue weighted by Gasteiger charge is 2.43. The number of nitrogens with zero attached hydrogens (tertiary/aromatic N) is 2. The predicted octanol–water partition coefficient (Wildman–Crippen LogP) is 3.22. The average Bonchev–Trinajstić information content (AvgIpc) is 3.16. The third kappa shape index (κ3) is 6.19. The summed E-state index contributed by atoms with van der Waals surface area (Å²) >= 11 is 0. The SMILES string of the molecule is CN[C@@H](C)C(=O)N[C@@H](C(=O)N1CC[C@@H]2CCCN(CCc3ccccc3)C[C@H]21)C1CCCCC1. The van der Waals surface area contributed by atoms with Crippen LogP contribution in [0.5, 0.6) is 0 Å². The number of carbonyl (C=O) groups excluding carboxylic acids is 2. The molecule has 2 amide bonds. The maximum atomic E-state index is 14.0. The van der Waals surface area contributed by atoms with Crippen molar-refractivity contribution < 1.29 is 9.59 Å². The van der Waals surface area contributed by atoms with E-state index in [0.717, 1.165) is 64.7 Å². The average molecular weight is 469 g/mol. The Hall–Kier alpha value is -1.92. The number of fused-ring (bicyclic) bond motifs is 1. The van der Waals surface area contributed by atoms with Crippen LogP contribution in [0.1, 0.15) is 63.9 Å². The molecule has 0 bridgehead atoms. The molecule has 0 aromatic heterocycles. The van der Waals surface area contributed by atoms with Gasteiger partial charge in [0.1, 0.15) is 6.04 Å². The van der Waals surface area contributed by atoms with E-state index in [4.69, 9.17) is 0 Å². The molecular weight excluding hydrogens is 424 g/mol. The Kier molecular flexibility index (Phi) is 9.01. The molecule has 34 heavy (non-hydrogen) atoms. The van der Waals surface area contributed by atoms with Crippen LogP contribution in [0, 0.1) is 11.8 Å². The van der Waals surface area contributed by atoms with Crippen molar-refractivity contribution in [3.63, 3.8) is 0 Å². The van der Waals surface area contributed by atoms with E-state index < -0.39 is 0 Å². The maximum Gasteiger partial charge on any atom is 0.245 e. The number of hydrogen-bond acceptors (Lipinski definition) is 4. The summed E-state index contributed by atoms with van der Waals surface area (Å²) in [5.41, 5.74) is 1.38. The number of carbonyl (C=O) groups is 2. The third-order valence-corrected chi connectivity index (χ3v) is 8.53. The van der Waals surface area contributed by atoms with Crippen LogP contribution >= 0.6 is 0 Å². The van der Waals surface area contributed by atoms with Crippen LogP contribution in [-0.4, -0.2) is 73.0 Å². The van der Waals surface area contributed by atoms with E-state index >= 15 is 0 Å². The quantitative estimate of drug-likeness (QED) is 0.615. The van der Waals surface area contributed by atoms with Crippen molar-refractivity contribution >= 4 is 11.8 Å². The lowest BCUT2D eigenvalue weighted by molar-refractivity contribution is -0.140. The van der Waals surface area contributed by atoms with Crippen LogP contribution in [0.3, 0.4) is 0 Å². The molecule has 2 heterocycles. The van der Waals surface area contributed by atoms with Crippen LogP contribution in [0.4, 0.5) is 0 Å². The van der Waals surface area contributed by atoms with Gasteiger partial charge in [-0.2, -0.15) is 0 Å². The highest BCUT2D eigenvalue weighted by atomic mass is 16.2. The standard InChI is InChI=1S/C28H44N4O2/c1-21(29-2)27(33)30-26(24-12-7-4-8-13-24)28(34)32-19-16-23-14-9-17-31(20-25(23)32)18-15-22-10-5-3-6-11-22/h3,5-6,10-11,21,23-26,29H,4,7-9,12-20H2,1-2H3,(H,30,33)/t21-,23-,25+,26+/m0/s1. The fraction of sp³-hybridized carbons (Fsp3) is 0.714. The number of nitrogens with one attached hydrogen (secondary N) is 2. The van der Waals surface area contributed by atoms with Crippen molar-refractivity contribution in [3.05, 3.63) is 35.9 Å². The Morgan fingerprint density at radius 1 is 1.00 bits per heavy atom. The van der Waals surface area contributed by atoms with Crippen LogP contribution in [-0.2, 0) is 16.0 Å². The molecule has 2 saturated heterocycles. The minimum absolute atomic E-state index is 0.0625. The molecule has 0 spiro atoms. The van der Waals surface area contributed by atoms with Gasteiger partial charge in [-0.1, -0.05) is 49.6 Å². The highest BCUT2D eigenvalue weighted by molar-refractivity contribution is 5.90. The largest absolute Gasteiger partial charge is 0.343 e. The summed E-state index contributed by atoms with van der Waals surface area (Å²) in [7, 11) is 1.79. The molecule has 0 unspecified atom stereocenters. The molecule has 0 radical (unpaired) electrons. The van der Waals surface area contributed by atoms with Crippen molar-refractivity contribution in [1.82, 2.24) is 20.4 Å². The van der Waals surface area contributed by atoms with Gasteiger partial charge in [-0.3, -0.25) is 9.59 Å². The fourth-order valence-corrected chi connectivity index (χ4v) is 6.28. The van der Waals surface area contributed by atoms with E-state index in [1.54, 1.807) is 7.05 Å². The van der Waals surface area contributed by atoms with Gasteiger partial charge in [0.25, 0.3) is 0 Å². The number of likely N-dealkylation sites (N-methyl/N-ethyl adjacent to an activating group) is 1. The van der Waals surface area contributed by atoms with Gasteiger partial charge in [-0.05, 0) is 76.4 Å². The van der Waals surface area contributed by atoms with E-state index in [9.17, 15) is 9.59 Å². The number of amides is 2. The zero-order valence-electron chi connectivity index (χ0n) is 21.2. The van der Waals surface area contributed by atoms with E-state index in [1.165, 1.54) is 24.8 Å². The zero-order valence-corrected chi connectivity index (χ0v) is 21.2. The Bertz CT molecular complexity index is 795. The predicted molar refractivity (Wildman–Crippen MR) is 136 cm³/mol. The molecular formula is C28H44N4O2. The molecule has 6 nitrogen and oxygen atoms in total.